The molecule has 0 aromatic rings. The number of hydrogen-bond donors (Lipinski definition) is 1. The molecule has 3 fully saturated rings. The lowest BCUT2D eigenvalue weighted by molar-refractivity contribution is -0.188. The smallest absolute Gasteiger partial charge is 0.193 e. The average Bonchev–Trinajstić information content (AvgIpc) is 2.55. The molecule has 3 aliphatic rings. The summed E-state index contributed by atoms with van der Waals surface area (Å²) in [5.41, 5.74) is 0.204. The summed E-state index contributed by atoms with van der Waals surface area (Å²) in [5.74, 6) is 2.96. The number of fused-ring (bicyclic) bond motifs is 1. The highest BCUT2D eigenvalue weighted by Gasteiger charge is 2.58. The molecule has 2 heterocycles. The molecule has 22 heavy (non-hydrogen) atoms. The van der Waals surface area contributed by atoms with Crippen LogP contribution in [0.25, 0.3) is 0 Å². The standard InChI is InChI=1S/C17H31N3OS/c1-5-12-11-20(8-10-22-12)16(18-4)19-14-13-7-6-9-21-15(13)17(14,2)3/h12-15H,5-11H2,1-4H3,(H,18,19). The molecule has 2 aliphatic heterocycles. The lowest BCUT2D eigenvalue weighted by Gasteiger charge is -2.60. The maximum absolute atomic E-state index is 6.02. The van der Waals surface area contributed by atoms with Crippen molar-refractivity contribution in [3.63, 3.8) is 0 Å². The molecular formula is C17H31N3OS. The number of guanidine groups is 1. The summed E-state index contributed by atoms with van der Waals surface area (Å²) in [7, 11) is 1.92. The van der Waals surface area contributed by atoms with Gasteiger partial charge >= 0.3 is 0 Å². The van der Waals surface area contributed by atoms with Crippen LogP contribution in [0.5, 0.6) is 0 Å². The van der Waals surface area contributed by atoms with Crippen molar-refractivity contribution in [2.75, 3.05) is 32.5 Å². The number of nitrogens with one attached hydrogen (secondary N) is 1. The van der Waals surface area contributed by atoms with Crippen LogP contribution in [-0.4, -0.2) is 60.8 Å². The van der Waals surface area contributed by atoms with Gasteiger partial charge in [-0.3, -0.25) is 4.99 Å². The Morgan fingerprint density at radius 3 is 3.00 bits per heavy atom. The predicted molar refractivity (Wildman–Crippen MR) is 94.6 cm³/mol. The highest BCUT2D eigenvalue weighted by atomic mass is 32.2. The summed E-state index contributed by atoms with van der Waals surface area (Å²) in [6, 6.07) is 0.492. The van der Waals surface area contributed by atoms with Crippen molar-refractivity contribution in [3.05, 3.63) is 0 Å². The Hall–Kier alpha value is -0.420. The first-order valence-electron chi connectivity index (χ1n) is 8.79. The van der Waals surface area contributed by atoms with Crippen LogP contribution in [0.1, 0.15) is 40.0 Å². The molecule has 4 nitrogen and oxygen atoms in total. The van der Waals surface area contributed by atoms with Crippen LogP contribution in [-0.2, 0) is 4.74 Å². The minimum Gasteiger partial charge on any atom is -0.377 e. The van der Waals surface area contributed by atoms with E-state index in [1.165, 1.54) is 25.0 Å². The van der Waals surface area contributed by atoms with E-state index in [0.717, 1.165) is 30.9 Å². The van der Waals surface area contributed by atoms with E-state index >= 15 is 0 Å². The van der Waals surface area contributed by atoms with E-state index in [1.54, 1.807) is 0 Å². The topological polar surface area (TPSA) is 36.9 Å². The lowest BCUT2D eigenvalue weighted by Crippen LogP contribution is -2.71. The van der Waals surface area contributed by atoms with Gasteiger partial charge in [-0.05, 0) is 19.3 Å². The molecule has 0 bridgehead atoms. The van der Waals surface area contributed by atoms with E-state index in [0.29, 0.717) is 18.1 Å². The van der Waals surface area contributed by atoms with Gasteiger partial charge in [-0.2, -0.15) is 11.8 Å². The van der Waals surface area contributed by atoms with Crippen molar-refractivity contribution >= 4 is 17.7 Å². The van der Waals surface area contributed by atoms with Gasteiger partial charge in [-0.1, -0.05) is 20.8 Å². The molecular weight excluding hydrogens is 294 g/mol. The molecule has 126 valence electrons. The minimum atomic E-state index is 0.204. The van der Waals surface area contributed by atoms with Crippen molar-refractivity contribution in [3.8, 4) is 0 Å². The molecule has 0 spiro atoms. The van der Waals surface area contributed by atoms with E-state index in [1.807, 2.05) is 7.05 Å². The van der Waals surface area contributed by atoms with Gasteiger partial charge in [0.1, 0.15) is 0 Å². The van der Waals surface area contributed by atoms with E-state index < -0.39 is 0 Å². The first-order chi connectivity index (χ1) is 10.6. The third-order valence-electron chi connectivity index (χ3n) is 5.72. The van der Waals surface area contributed by atoms with Crippen molar-refractivity contribution in [1.82, 2.24) is 10.2 Å². The Bertz CT molecular complexity index is 426. The largest absolute Gasteiger partial charge is 0.377 e. The van der Waals surface area contributed by atoms with Crippen LogP contribution in [0, 0.1) is 11.3 Å². The molecule has 0 radical (unpaired) electrons. The normalized spacial score (nSPS) is 38.2. The second-order valence-corrected chi connectivity index (χ2v) is 8.84. The second-order valence-electron chi connectivity index (χ2n) is 7.44. The number of thioether (sulfide) groups is 1. The zero-order valence-corrected chi connectivity index (χ0v) is 15.3. The predicted octanol–water partition coefficient (Wildman–Crippen LogP) is 2.59. The monoisotopic (exact) mass is 325 g/mol. The molecule has 2 saturated heterocycles. The highest BCUT2D eigenvalue weighted by molar-refractivity contribution is 8.00. The van der Waals surface area contributed by atoms with Gasteiger partial charge < -0.3 is 15.0 Å². The molecule has 4 atom stereocenters. The molecule has 5 heteroatoms. The van der Waals surface area contributed by atoms with Crippen molar-refractivity contribution in [2.45, 2.75) is 57.4 Å². The minimum absolute atomic E-state index is 0.204. The molecule has 0 aromatic heterocycles. The average molecular weight is 326 g/mol. The van der Waals surface area contributed by atoms with E-state index in [4.69, 9.17) is 4.74 Å². The van der Waals surface area contributed by atoms with Gasteiger partial charge in [0, 0.05) is 55.1 Å². The summed E-state index contributed by atoms with van der Waals surface area (Å²) in [5, 5.41) is 4.54. The molecule has 1 aliphatic carbocycles. The Morgan fingerprint density at radius 2 is 2.27 bits per heavy atom. The van der Waals surface area contributed by atoms with Gasteiger partial charge in [0.05, 0.1) is 6.10 Å². The fraction of sp³-hybridized carbons (Fsp3) is 0.941. The van der Waals surface area contributed by atoms with Crippen LogP contribution in [0.3, 0.4) is 0 Å². The fourth-order valence-electron chi connectivity index (χ4n) is 4.41. The third-order valence-corrected chi connectivity index (χ3v) is 7.09. The number of nitrogens with zero attached hydrogens (tertiary/aromatic N) is 2. The Kier molecular flexibility index (Phi) is 4.93. The third kappa shape index (κ3) is 2.86. The van der Waals surface area contributed by atoms with E-state index in [-0.39, 0.29) is 5.41 Å². The zero-order valence-electron chi connectivity index (χ0n) is 14.5. The summed E-state index contributed by atoms with van der Waals surface area (Å²) in [4.78, 5) is 7.04. The van der Waals surface area contributed by atoms with Crippen LogP contribution in [0.2, 0.25) is 0 Å². The zero-order chi connectivity index (χ0) is 15.7. The van der Waals surface area contributed by atoms with E-state index in [9.17, 15) is 0 Å². The Balaban J connectivity index is 1.65. The highest BCUT2D eigenvalue weighted by Crippen LogP contribution is 2.51. The maximum Gasteiger partial charge on any atom is 0.193 e. The van der Waals surface area contributed by atoms with Gasteiger partial charge in [-0.15, -0.1) is 0 Å². The summed E-state index contributed by atoms with van der Waals surface area (Å²) < 4.78 is 6.02. The van der Waals surface area contributed by atoms with Crippen molar-refractivity contribution in [1.29, 1.82) is 0 Å². The molecule has 0 amide bonds. The summed E-state index contributed by atoms with van der Waals surface area (Å²) in [6.07, 6.45) is 4.16. The van der Waals surface area contributed by atoms with Gasteiger partial charge in [0.25, 0.3) is 0 Å². The summed E-state index contributed by atoms with van der Waals surface area (Å²) >= 11 is 2.11. The van der Waals surface area contributed by atoms with Crippen molar-refractivity contribution in [2.24, 2.45) is 16.3 Å². The molecule has 4 unspecified atom stereocenters. The van der Waals surface area contributed by atoms with Crippen LogP contribution in [0.15, 0.2) is 4.99 Å². The SMILES string of the molecule is CCC1CN(C(=NC)NC2C3CCCOC3C2(C)C)CCS1. The fourth-order valence-corrected chi connectivity index (χ4v) is 5.59. The summed E-state index contributed by atoms with van der Waals surface area (Å²) in [6.45, 7) is 10.1. The van der Waals surface area contributed by atoms with Crippen LogP contribution >= 0.6 is 11.8 Å². The quantitative estimate of drug-likeness (QED) is 0.625. The van der Waals surface area contributed by atoms with Gasteiger partial charge in [0.15, 0.2) is 5.96 Å². The molecule has 1 saturated carbocycles. The first-order valence-corrected chi connectivity index (χ1v) is 9.84. The van der Waals surface area contributed by atoms with Crippen LogP contribution < -0.4 is 5.32 Å². The first kappa shape index (κ1) is 16.4. The maximum atomic E-state index is 6.02. The van der Waals surface area contributed by atoms with Gasteiger partial charge in [-0.25, -0.2) is 0 Å². The molecule has 0 aromatic carbocycles. The lowest BCUT2D eigenvalue weighted by atomic mass is 9.55. The van der Waals surface area contributed by atoms with Crippen LogP contribution in [0.4, 0.5) is 0 Å². The molecule has 3 rings (SSSR count). The second kappa shape index (κ2) is 6.60. The Morgan fingerprint density at radius 1 is 1.45 bits per heavy atom. The Labute approximate surface area is 139 Å². The number of ether oxygens (including phenoxy) is 1. The van der Waals surface area contributed by atoms with Crippen molar-refractivity contribution < 1.29 is 4.74 Å². The number of aliphatic imine (C=N–C) groups is 1. The molecule has 1 N–H and O–H groups in total. The van der Waals surface area contributed by atoms with E-state index in [2.05, 4.69) is 47.7 Å². The van der Waals surface area contributed by atoms with Gasteiger partial charge in [0.2, 0.25) is 0 Å². The number of rotatable bonds is 2. The number of hydrogen-bond acceptors (Lipinski definition) is 3.